The Kier molecular flexibility index (Phi) is 4.41. The number of carboxylic acids is 1. The minimum absolute atomic E-state index is 0.0313. The van der Waals surface area contributed by atoms with Gasteiger partial charge in [0.05, 0.1) is 0 Å². The number of rotatable bonds is 8. The number of unbranched alkanes of at least 4 members (excludes halogenated alkanes) is 1. The Labute approximate surface area is 131 Å². The van der Waals surface area contributed by atoms with Gasteiger partial charge in [0.2, 0.25) is 0 Å². The Balaban J connectivity index is 1.40. The van der Waals surface area contributed by atoms with Gasteiger partial charge in [-0.15, -0.1) is 6.58 Å². The van der Waals surface area contributed by atoms with E-state index in [2.05, 4.69) is 11.9 Å². The van der Waals surface area contributed by atoms with Crippen LogP contribution in [0.15, 0.2) is 12.7 Å². The summed E-state index contributed by atoms with van der Waals surface area (Å²) in [6, 6.07) is -0.793. The molecular weight excluding hydrogens is 282 g/mol. The molecule has 2 N–H and O–H groups in total. The molecule has 0 aromatic carbocycles. The predicted molar refractivity (Wildman–Crippen MR) is 81.3 cm³/mol. The van der Waals surface area contributed by atoms with Crippen LogP contribution in [0.3, 0.4) is 0 Å². The number of alkyl carbamates (subject to hydrolysis) is 1. The molecule has 0 bridgehead atoms. The van der Waals surface area contributed by atoms with Crippen molar-refractivity contribution in [3.8, 4) is 0 Å². The zero-order valence-electron chi connectivity index (χ0n) is 12.9. The normalized spacial score (nSPS) is 36.1. The van der Waals surface area contributed by atoms with Crippen LogP contribution < -0.4 is 5.32 Å². The summed E-state index contributed by atoms with van der Waals surface area (Å²) >= 11 is 0. The van der Waals surface area contributed by atoms with Gasteiger partial charge in [-0.2, -0.15) is 0 Å². The van der Waals surface area contributed by atoms with E-state index in [9.17, 15) is 14.7 Å². The van der Waals surface area contributed by atoms with Crippen LogP contribution >= 0.6 is 0 Å². The van der Waals surface area contributed by atoms with Gasteiger partial charge in [0.25, 0.3) is 0 Å². The molecule has 3 aliphatic rings. The molecule has 5 heteroatoms. The van der Waals surface area contributed by atoms with E-state index in [-0.39, 0.29) is 12.0 Å². The second kappa shape index (κ2) is 6.31. The molecule has 0 heterocycles. The number of fused-ring (bicyclic) bond motifs is 1. The van der Waals surface area contributed by atoms with Crippen molar-refractivity contribution in [2.24, 2.45) is 23.7 Å². The van der Waals surface area contributed by atoms with E-state index in [1.807, 2.05) is 6.08 Å². The third kappa shape index (κ3) is 3.62. The first-order chi connectivity index (χ1) is 10.6. The second-order valence-electron chi connectivity index (χ2n) is 7.11. The fourth-order valence-corrected chi connectivity index (χ4v) is 3.91. The lowest BCUT2D eigenvalue weighted by molar-refractivity contribution is -0.140. The van der Waals surface area contributed by atoms with E-state index >= 15 is 0 Å². The van der Waals surface area contributed by atoms with Crippen molar-refractivity contribution in [2.75, 3.05) is 0 Å². The summed E-state index contributed by atoms with van der Waals surface area (Å²) in [6.45, 7) is 3.69. The maximum atomic E-state index is 11.9. The monoisotopic (exact) mass is 307 g/mol. The molecule has 0 aromatic rings. The van der Waals surface area contributed by atoms with Crippen molar-refractivity contribution in [1.82, 2.24) is 5.32 Å². The molecule has 0 aliphatic heterocycles. The van der Waals surface area contributed by atoms with Gasteiger partial charge in [-0.05, 0) is 68.6 Å². The third-order valence-electron chi connectivity index (χ3n) is 5.39. The number of hydrogen-bond donors (Lipinski definition) is 2. The highest BCUT2D eigenvalue weighted by atomic mass is 16.6. The van der Waals surface area contributed by atoms with Crippen molar-refractivity contribution in [3.63, 3.8) is 0 Å². The van der Waals surface area contributed by atoms with Gasteiger partial charge in [-0.1, -0.05) is 6.08 Å². The van der Waals surface area contributed by atoms with Crippen LogP contribution in [0.1, 0.15) is 44.9 Å². The second-order valence-corrected chi connectivity index (χ2v) is 7.11. The van der Waals surface area contributed by atoms with Crippen LogP contribution in [0.25, 0.3) is 0 Å². The number of carboxylic acid groups (broad SMARTS) is 1. The summed E-state index contributed by atoms with van der Waals surface area (Å²) in [5.74, 6) is 0.954. The Morgan fingerprint density at radius 3 is 2.64 bits per heavy atom. The number of allylic oxidation sites excluding steroid dienone is 1. The van der Waals surface area contributed by atoms with Gasteiger partial charge in [0.15, 0.2) is 0 Å². The zero-order valence-corrected chi connectivity index (χ0v) is 12.9. The predicted octanol–water partition coefficient (Wildman–Crippen LogP) is 2.96. The summed E-state index contributed by atoms with van der Waals surface area (Å²) in [4.78, 5) is 23.3. The smallest absolute Gasteiger partial charge is 0.408 e. The number of amides is 1. The third-order valence-corrected chi connectivity index (χ3v) is 5.39. The summed E-state index contributed by atoms with van der Waals surface area (Å²) < 4.78 is 5.34. The van der Waals surface area contributed by atoms with Gasteiger partial charge in [-0.3, -0.25) is 0 Å². The minimum Gasteiger partial charge on any atom is -0.480 e. The maximum Gasteiger partial charge on any atom is 0.408 e. The number of aliphatic carboxylic acids is 1. The number of carbonyl (C=O) groups excluding carboxylic acids is 1. The van der Waals surface area contributed by atoms with E-state index in [1.165, 1.54) is 6.42 Å². The molecule has 122 valence electrons. The van der Waals surface area contributed by atoms with Crippen molar-refractivity contribution in [2.45, 2.75) is 57.1 Å². The molecule has 3 fully saturated rings. The maximum absolute atomic E-state index is 11.9. The average molecular weight is 307 g/mol. The highest BCUT2D eigenvalue weighted by molar-refractivity contribution is 5.80. The molecule has 5 nitrogen and oxygen atoms in total. The Hall–Kier alpha value is -1.52. The van der Waals surface area contributed by atoms with Gasteiger partial charge in [-0.25, -0.2) is 9.59 Å². The van der Waals surface area contributed by atoms with Gasteiger partial charge < -0.3 is 15.2 Å². The Morgan fingerprint density at radius 2 is 2.00 bits per heavy atom. The van der Waals surface area contributed by atoms with Crippen LogP contribution in [-0.4, -0.2) is 29.3 Å². The Bertz CT molecular complexity index is 454. The van der Waals surface area contributed by atoms with E-state index < -0.39 is 18.1 Å². The van der Waals surface area contributed by atoms with Crippen molar-refractivity contribution >= 4 is 12.1 Å². The quantitative estimate of drug-likeness (QED) is 0.534. The molecule has 3 aliphatic carbocycles. The fraction of sp³-hybridized carbons (Fsp3) is 0.765. The largest absolute Gasteiger partial charge is 0.480 e. The lowest BCUT2D eigenvalue weighted by Crippen LogP contribution is -2.46. The molecule has 1 amide bonds. The average Bonchev–Trinajstić information content (AvgIpc) is 3.35. The van der Waals surface area contributed by atoms with E-state index in [1.54, 1.807) is 0 Å². The molecule has 0 radical (unpaired) electrons. The molecule has 0 spiro atoms. The number of carbonyl (C=O) groups is 2. The summed E-state index contributed by atoms with van der Waals surface area (Å²) in [7, 11) is 0. The summed E-state index contributed by atoms with van der Waals surface area (Å²) in [5.41, 5.74) is 0. The van der Waals surface area contributed by atoms with E-state index in [4.69, 9.17) is 4.74 Å². The van der Waals surface area contributed by atoms with Crippen LogP contribution in [-0.2, 0) is 9.53 Å². The molecule has 3 saturated carbocycles. The molecule has 22 heavy (non-hydrogen) atoms. The molecular formula is C17H25NO4. The topological polar surface area (TPSA) is 75.6 Å². The molecule has 3 rings (SSSR count). The van der Waals surface area contributed by atoms with Crippen molar-refractivity contribution in [1.29, 1.82) is 0 Å². The molecule has 6 atom stereocenters. The minimum atomic E-state index is -0.943. The first-order valence-corrected chi connectivity index (χ1v) is 8.39. The van der Waals surface area contributed by atoms with E-state index in [0.29, 0.717) is 17.8 Å². The number of nitrogens with one attached hydrogen (secondary N) is 1. The first kappa shape index (κ1) is 15.4. The van der Waals surface area contributed by atoms with Gasteiger partial charge in [0, 0.05) is 0 Å². The molecule has 0 aromatic heterocycles. The fourth-order valence-electron chi connectivity index (χ4n) is 3.91. The van der Waals surface area contributed by atoms with Crippen molar-refractivity contribution < 1.29 is 19.4 Å². The summed E-state index contributed by atoms with van der Waals surface area (Å²) in [5, 5.41) is 11.9. The van der Waals surface area contributed by atoms with Crippen LogP contribution in [0.5, 0.6) is 0 Å². The zero-order chi connectivity index (χ0) is 15.7. The first-order valence-electron chi connectivity index (χ1n) is 8.39. The van der Waals surface area contributed by atoms with Crippen molar-refractivity contribution in [3.05, 3.63) is 12.7 Å². The lowest BCUT2D eigenvalue weighted by Gasteiger charge is -2.21. The lowest BCUT2D eigenvalue weighted by atomic mass is 9.94. The van der Waals surface area contributed by atoms with Crippen LogP contribution in [0, 0.1) is 23.7 Å². The highest BCUT2D eigenvalue weighted by Crippen LogP contribution is 2.55. The van der Waals surface area contributed by atoms with Crippen LogP contribution in [0.2, 0.25) is 0 Å². The number of hydrogen-bond acceptors (Lipinski definition) is 3. The van der Waals surface area contributed by atoms with Crippen LogP contribution in [0.4, 0.5) is 4.79 Å². The van der Waals surface area contributed by atoms with Gasteiger partial charge in [0.1, 0.15) is 12.1 Å². The summed E-state index contributed by atoms with van der Waals surface area (Å²) in [6.07, 6.45) is 8.38. The molecule has 0 saturated heterocycles. The molecule has 2 unspecified atom stereocenters. The standard InChI is InChI=1S/C17H25NO4/c1-2-3-4-5-10-9-14(10)22-17(21)18-15(16(19)20)13-7-11-6-12(11)8-13/h2,10-15H,1,3-9H2,(H,18,21)(H,19,20)/t10?,11-,12+,13?,14-,15+/m1/s1. The Morgan fingerprint density at radius 1 is 1.27 bits per heavy atom. The number of ether oxygens (including phenoxy) is 1. The van der Waals surface area contributed by atoms with Gasteiger partial charge >= 0.3 is 12.1 Å². The highest BCUT2D eigenvalue weighted by Gasteiger charge is 2.50. The van der Waals surface area contributed by atoms with E-state index in [0.717, 1.165) is 38.5 Å². The SMILES string of the molecule is C=CCCCC1C[C@H]1OC(=O)N[C@H](C(=O)O)C1C[C@@H]2C[C@@H]2C1.